The second kappa shape index (κ2) is 5.96. The van der Waals surface area contributed by atoms with Crippen molar-refractivity contribution < 1.29 is 18.7 Å². The van der Waals surface area contributed by atoms with Gasteiger partial charge in [-0.2, -0.15) is 5.26 Å². The first-order valence-electron chi connectivity index (χ1n) is 5.82. The van der Waals surface area contributed by atoms with E-state index in [1.165, 1.54) is 18.3 Å². The van der Waals surface area contributed by atoms with Crippen LogP contribution in [0.3, 0.4) is 0 Å². The fourth-order valence-electron chi connectivity index (χ4n) is 1.69. The van der Waals surface area contributed by atoms with E-state index in [2.05, 4.69) is 10.3 Å². The van der Waals surface area contributed by atoms with Crippen molar-refractivity contribution in [1.29, 1.82) is 5.26 Å². The molecule has 0 saturated heterocycles. The monoisotopic (exact) mass is 289 g/mol. The third-order valence-electron chi connectivity index (χ3n) is 2.68. The molecule has 1 heterocycles. The van der Waals surface area contributed by atoms with Crippen LogP contribution in [0.1, 0.15) is 21.6 Å². The lowest BCUT2D eigenvalue weighted by Gasteiger charge is -2.09. The van der Waals surface area contributed by atoms with E-state index >= 15 is 0 Å². The molecule has 0 fully saturated rings. The average molecular weight is 289 g/mol. The number of nitrogens with zero attached hydrogens (tertiary/aromatic N) is 2. The summed E-state index contributed by atoms with van der Waals surface area (Å²) in [4.78, 5) is 14.7. The van der Waals surface area contributed by atoms with Crippen LogP contribution < -0.4 is 5.32 Å². The lowest BCUT2D eigenvalue weighted by Crippen LogP contribution is -2.07. The van der Waals surface area contributed by atoms with Crippen molar-refractivity contribution >= 4 is 11.7 Å². The number of aromatic carboxylic acids is 1. The molecule has 2 rings (SSSR count). The highest BCUT2D eigenvalue weighted by atomic mass is 19.1. The second-order valence-corrected chi connectivity index (χ2v) is 4.12. The topological polar surface area (TPSA) is 86.0 Å². The minimum Gasteiger partial charge on any atom is -0.478 e. The van der Waals surface area contributed by atoms with Gasteiger partial charge in [0, 0.05) is 6.20 Å². The minimum atomic E-state index is -1.12. The first kappa shape index (κ1) is 14.4. The van der Waals surface area contributed by atoms with Crippen molar-refractivity contribution in [2.45, 2.75) is 6.54 Å². The maximum absolute atomic E-state index is 13.6. The second-order valence-electron chi connectivity index (χ2n) is 4.12. The summed E-state index contributed by atoms with van der Waals surface area (Å²) in [6.07, 6.45) is 1.30. The van der Waals surface area contributed by atoms with Crippen molar-refractivity contribution in [3.05, 3.63) is 58.9 Å². The zero-order valence-corrected chi connectivity index (χ0v) is 10.6. The van der Waals surface area contributed by atoms with Gasteiger partial charge >= 0.3 is 5.97 Å². The highest BCUT2D eigenvalue weighted by Gasteiger charge is 2.11. The number of carbonyl (C=O) groups is 1. The SMILES string of the molecule is N#Cc1cc(F)c(NCc2cc(C(=O)O)ccn2)c(F)c1. The van der Waals surface area contributed by atoms with Crippen LogP contribution in [0.25, 0.3) is 0 Å². The number of pyridine rings is 1. The van der Waals surface area contributed by atoms with Gasteiger partial charge in [-0.1, -0.05) is 0 Å². The minimum absolute atomic E-state index is 0.0302. The highest BCUT2D eigenvalue weighted by molar-refractivity contribution is 5.87. The number of carboxylic acid groups (broad SMARTS) is 1. The van der Waals surface area contributed by atoms with Crippen LogP contribution in [0, 0.1) is 23.0 Å². The van der Waals surface area contributed by atoms with Crippen LogP contribution in [0.5, 0.6) is 0 Å². The largest absolute Gasteiger partial charge is 0.478 e. The summed E-state index contributed by atoms with van der Waals surface area (Å²) in [5.74, 6) is -2.92. The number of benzene rings is 1. The van der Waals surface area contributed by atoms with Crippen LogP contribution in [-0.2, 0) is 6.54 Å². The molecule has 0 unspecified atom stereocenters. The Hall–Kier alpha value is -3.01. The summed E-state index contributed by atoms with van der Waals surface area (Å²) in [6.45, 7) is -0.0547. The summed E-state index contributed by atoms with van der Waals surface area (Å²) in [5.41, 5.74) is -0.168. The van der Waals surface area contributed by atoms with E-state index in [-0.39, 0.29) is 17.7 Å². The number of carboxylic acids is 1. The standard InChI is InChI=1S/C14H9F2N3O2/c15-11-3-8(6-17)4-12(16)13(11)19-7-10-5-9(14(20)21)1-2-18-10/h1-5,19H,7H2,(H,20,21). The first-order valence-corrected chi connectivity index (χ1v) is 5.82. The van der Waals surface area contributed by atoms with Crippen LogP contribution in [0.15, 0.2) is 30.5 Å². The number of halogens is 2. The number of nitrogens with one attached hydrogen (secondary N) is 1. The summed E-state index contributed by atoms with van der Waals surface area (Å²) in [7, 11) is 0. The first-order chi connectivity index (χ1) is 10.0. The van der Waals surface area contributed by atoms with Gasteiger partial charge in [0.05, 0.1) is 29.4 Å². The van der Waals surface area contributed by atoms with Crippen LogP contribution in [0.2, 0.25) is 0 Å². The van der Waals surface area contributed by atoms with Gasteiger partial charge in [-0.05, 0) is 24.3 Å². The number of hydrogen-bond donors (Lipinski definition) is 2. The molecule has 1 aromatic heterocycles. The maximum Gasteiger partial charge on any atom is 0.335 e. The summed E-state index contributed by atoms with van der Waals surface area (Å²) in [6, 6.07) is 6.08. The molecule has 0 aliphatic heterocycles. The fourth-order valence-corrected chi connectivity index (χ4v) is 1.69. The number of anilines is 1. The molecular formula is C14H9F2N3O2. The molecule has 5 nitrogen and oxygen atoms in total. The normalized spacial score (nSPS) is 9.95. The number of aromatic nitrogens is 1. The molecule has 0 aliphatic carbocycles. The van der Waals surface area contributed by atoms with Gasteiger partial charge in [-0.25, -0.2) is 13.6 Å². The molecule has 0 saturated carbocycles. The Morgan fingerprint density at radius 1 is 1.33 bits per heavy atom. The van der Waals surface area contributed by atoms with E-state index in [1.54, 1.807) is 6.07 Å². The predicted molar refractivity (Wildman–Crippen MR) is 69.6 cm³/mol. The van der Waals surface area contributed by atoms with Crippen LogP contribution in [0.4, 0.5) is 14.5 Å². The molecule has 106 valence electrons. The van der Waals surface area contributed by atoms with Gasteiger partial charge in [0.1, 0.15) is 5.69 Å². The van der Waals surface area contributed by atoms with Crippen molar-refractivity contribution in [1.82, 2.24) is 4.98 Å². The third kappa shape index (κ3) is 3.30. The third-order valence-corrected chi connectivity index (χ3v) is 2.68. The highest BCUT2D eigenvalue weighted by Crippen LogP contribution is 2.21. The smallest absolute Gasteiger partial charge is 0.335 e. The van der Waals surface area contributed by atoms with Gasteiger partial charge < -0.3 is 10.4 Å². The molecule has 0 atom stereocenters. The van der Waals surface area contributed by atoms with Gasteiger partial charge in [-0.15, -0.1) is 0 Å². The van der Waals surface area contributed by atoms with Crippen molar-refractivity contribution in [3.8, 4) is 6.07 Å². The fraction of sp³-hybridized carbons (Fsp3) is 0.0714. The van der Waals surface area contributed by atoms with E-state index in [9.17, 15) is 13.6 Å². The summed E-state index contributed by atoms with van der Waals surface area (Å²) in [5, 5.41) is 19.9. The number of rotatable bonds is 4. The Balaban J connectivity index is 2.19. The van der Waals surface area contributed by atoms with Crippen LogP contribution >= 0.6 is 0 Å². The lowest BCUT2D eigenvalue weighted by molar-refractivity contribution is 0.0696. The quantitative estimate of drug-likeness (QED) is 0.903. The van der Waals surface area contributed by atoms with Gasteiger partial charge in [0.2, 0.25) is 0 Å². The molecule has 2 aromatic rings. The van der Waals surface area contributed by atoms with Crippen molar-refractivity contribution in [2.75, 3.05) is 5.32 Å². The van der Waals surface area contributed by atoms with E-state index in [4.69, 9.17) is 10.4 Å². The number of hydrogen-bond acceptors (Lipinski definition) is 4. The molecular weight excluding hydrogens is 280 g/mol. The Bertz CT molecular complexity index is 718. The van der Waals surface area contributed by atoms with E-state index in [0.29, 0.717) is 5.69 Å². The van der Waals surface area contributed by atoms with E-state index in [1.807, 2.05) is 0 Å². The summed E-state index contributed by atoms with van der Waals surface area (Å²) < 4.78 is 27.3. The van der Waals surface area contributed by atoms with Gasteiger partial charge in [-0.3, -0.25) is 4.98 Å². The maximum atomic E-state index is 13.6. The summed E-state index contributed by atoms with van der Waals surface area (Å²) >= 11 is 0. The molecule has 7 heteroatoms. The molecule has 0 radical (unpaired) electrons. The Morgan fingerprint density at radius 2 is 2.00 bits per heavy atom. The Kier molecular flexibility index (Phi) is 4.09. The van der Waals surface area contributed by atoms with Crippen molar-refractivity contribution in [3.63, 3.8) is 0 Å². The lowest BCUT2D eigenvalue weighted by atomic mass is 10.2. The predicted octanol–water partition coefficient (Wildman–Crippen LogP) is 2.54. The molecule has 0 amide bonds. The molecule has 0 aliphatic rings. The van der Waals surface area contributed by atoms with Crippen molar-refractivity contribution in [2.24, 2.45) is 0 Å². The Labute approximate surface area is 118 Å². The molecule has 0 bridgehead atoms. The van der Waals surface area contributed by atoms with E-state index in [0.717, 1.165) is 12.1 Å². The van der Waals surface area contributed by atoms with Gasteiger partial charge in [0.25, 0.3) is 0 Å². The molecule has 1 aromatic carbocycles. The zero-order chi connectivity index (χ0) is 15.4. The van der Waals surface area contributed by atoms with Gasteiger partial charge in [0.15, 0.2) is 11.6 Å². The average Bonchev–Trinajstić information content (AvgIpc) is 2.46. The molecule has 0 spiro atoms. The zero-order valence-electron chi connectivity index (χ0n) is 10.6. The van der Waals surface area contributed by atoms with Crippen LogP contribution in [-0.4, -0.2) is 16.1 Å². The number of nitriles is 1. The Morgan fingerprint density at radius 3 is 2.57 bits per heavy atom. The molecule has 21 heavy (non-hydrogen) atoms. The van der Waals surface area contributed by atoms with E-state index < -0.39 is 23.3 Å². The molecule has 2 N–H and O–H groups in total.